The standard InChI is InChI=1S/C56H38N8O2.C56H34N8/c57-43-33-44(58)54(64-52-26-14-12-24-50(52)62(56(64)66)38-28-30-48-42(32-38)40-20-8-10-22-46(40)60(48)36-17-5-2-6-18-36)34-53(43)63-51-25-13-11-23-49(51)61(55(63)65)37-27-29-47-41(31-37)39-19-7-9-21-45(39)59(47)35-15-3-1-4-16-35;1-3-15-35(16-4-1)59-45-21-9-7-19-39(45)41-31-37(27-29-47(41)59)61-49-23-11-13-25-51(49)63-53-34-54-44(33-43(53)57-55(61)63)58-56-62(50-24-12-14-26-52(50)64(54)56)38-28-30-48-42(32-38)40-20-8-10-22-46(40)60(48)36-17-5-2-6-18-36/h1-34H,57-58H2;1-34H. The third-order valence-electron chi connectivity index (χ3n) is 26.4. The largest absolute Gasteiger partial charge is 0.397 e. The van der Waals surface area contributed by atoms with Crippen molar-refractivity contribution in [3.63, 3.8) is 0 Å². The van der Waals surface area contributed by atoms with Gasteiger partial charge in [-0.05, 0) is 218 Å². The summed E-state index contributed by atoms with van der Waals surface area (Å²) in [5, 5.41) is 9.01. The molecule has 10 aromatic heterocycles. The topological polar surface area (TPSA) is 170 Å². The second kappa shape index (κ2) is 27.7. The molecule has 0 bridgehead atoms. The molecule has 0 atom stereocenters. The maximum absolute atomic E-state index is 15.1. The zero-order valence-electron chi connectivity index (χ0n) is 69.5. The first-order chi connectivity index (χ1) is 64.2. The van der Waals surface area contributed by atoms with Crippen LogP contribution in [0.2, 0.25) is 0 Å². The van der Waals surface area contributed by atoms with Crippen LogP contribution in [0.15, 0.2) is 422 Å². The fraction of sp³-hybridized carbons (Fsp3) is 0. The van der Waals surface area contributed by atoms with Crippen LogP contribution < -0.4 is 22.8 Å². The first-order valence-electron chi connectivity index (χ1n) is 43.5. The van der Waals surface area contributed by atoms with Crippen molar-refractivity contribution in [3.8, 4) is 56.9 Å². The molecule has 0 amide bonds. The van der Waals surface area contributed by atoms with Crippen molar-refractivity contribution in [1.82, 2.24) is 64.4 Å². The van der Waals surface area contributed by atoms with Crippen molar-refractivity contribution in [2.75, 3.05) is 11.5 Å². The molecule has 4 N–H and O–H groups in total. The van der Waals surface area contributed by atoms with E-state index in [4.69, 9.17) is 21.4 Å². The van der Waals surface area contributed by atoms with E-state index in [9.17, 15) is 0 Å². The number of nitrogens with zero attached hydrogens (tertiary/aromatic N) is 14. The fourth-order valence-electron chi connectivity index (χ4n) is 20.9. The highest BCUT2D eigenvalue weighted by atomic mass is 16.2. The van der Waals surface area contributed by atoms with Crippen LogP contribution in [0.3, 0.4) is 0 Å². The van der Waals surface area contributed by atoms with Crippen molar-refractivity contribution in [2.24, 2.45) is 0 Å². The number of imidazole rings is 6. The monoisotopic (exact) mass is 1670 g/mol. The number of aromatic nitrogens is 14. The Kier molecular flexibility index (Phi) is 15.4. The van der Waals surface area contributed by atoms with Crippen LogP contribution in [-0.4, -0.2) is 64.4 Å². The third kappa shape index (κ3) is 10.4. The Balaban J connectivity index is 0.000000134. The number of para-hydroxylation sites is 16. The van der Waals surface area contributed by atoms with E-state index in [1.807, 2.05) is 121 Å². The van der Waals surface area contributed by atoms with Gasteiger partial charge in [0.25, 0.3) is 0 Å². The molecule has 0 aliphatic heterocycles. The van der Waals surface area contributed by atoms with E-state index in [1.165, 1.54) is 43.6 Å². The normalized spacial score (nSPS) is 12.1. The number of nitrogen functional groups attached to an aromatic ring is 2. The number of nitrogens with two attached hydrogens (primary N) is 2. The lowest BCUT2D eigenvalue weighted by Gasteiger charge is -2.14. The van der Waals surface area contributed by atoms with Gasteiger partial charge in [-0.1, -0.05) is 194 Å². The Morgan fingerprint density at radius 3 is 0.708 bits per heavy atom. The summed E-state index contributed by atoms with van der Waals surface area (Å²) in [5.41, 5.74) is 42.2. The van der Waals surface area contributed by atoms with E-state index >= 15 is 9.59 Å². The van der Waals surface area contributed by atoms with Gasteiger partial charge in [-0.15, -0.1) is 0 Å². The lowest BCUT2D eigenvalue weighted by atomic mass is 10.1. The van der Waals surface area contributed by atoms with Gasteiger partial charge in [0.1, 0.15) is 0 Å². The molecule has 0 saturated carbocycles. The van der Waals surface area contributed by atoms with Crippen molar-refractivity contribution < 1.29 is 0 Å². The van der Waals surface area contributed by atoms with Crippen molar-refractivity contribution in [1.29, 1.82) is 0 Å². The lowest BCUT2D eigenvalue weighted by molar-refractivity contribution is 0.917. The van der Waals surface area contributed by atoms with Crippen molar-refractivity contribution in [2.45, 2.75) is 0 Å². The first kappa shape index (κ1) is 72.3. The van der Waals surface area contributed by atoms with Crippen LogP contribution in [0, 0.1) is 0 Å². The van der Waals surface area contributed by atoms with Crippen LogP contribution in [0.25, 0.3) is 222 Å². The van der Waals surface area contributed by atoms with E-state index in [0.717, 1.165) is 133 Å². The Bertz CT molecular complexity index is 9230. The number of hydrogen-bond acceptors (Lipinski definition) is 6. The minimum atomic E-state index is -0.317. The number of anilines is 2. The highest BCUT2D eigenvalue weighted by molar-refractivity contribution is 6.14. The van der Waals surface area contributed by atoms with Gasteiger partial charge < -0.3 is 29.7 Å². The Morgan fingerprint density at radius 2 is 0.408 bits per heavy atom. The van der Waals surface area contributed by atoms with Crippen LogP contribution in [0.5, 0.6) is 0 Å². The summed E-state index contributed by atoms with van der Waals surface area (Å²) >= 11 is 0. The molecule has 28 aromatic rings. The van der Waals surface area contributed by atoms with Gasteiger partial charge in [0, 0.05) is 77.2 Å². The summed E-state index contributed by atoms with van der Waals surface area (Å²) in [7, 11) is 0. The molecule has 0 spiro atoms. The Hall–Kier alpha value is -18.2. The zero-order valence-corrected chi connectivity index (χ0v) is 69.5. The molecule has 0 aliphatic rings. The second-order valence-corrected chi connectivity index (χ2v) is 33.4. The summed E-state index contributed by atoms with van der Waals surface area (Å²) in [6.45, 7) is 0. The second-order valence-electron chi connectivity index (χ2n) is 33.4. The van der Waals surface area contributed by atoms with Gasteiger partial charge in [-0.3, -0.25) is 36.2 Å². The molecule has 18 heteroatoms. The fourth-order valence-corrected chi connectivity index (χ4v) is 20.9. The average Bonchev–Trinajstić information content (AvgIpc) is 1.53. The van der Waals surface area contributed by atoms with Crippen molar-refractivity contribution in [3.05, 3.63) is 433 Å². The molecule has 0 fully saturated rings. The highest BCUT2D eigenvalue weighted by Crippen LogP contribution is 2.43. The molecule has 18 nitrogen and oxygen atoms in total. The van der Waals surface area contributed by atoms with E-state index < -0.39 is 0 Å². The average molecular weight is 1670 g/mol. The Morgan fingerprint density at radius 1 is 0.169 bits per heavy atom. The molecule has 0 aliphatic carbocycles. The van der Waals surface area contributed by atoms with E-state index in [-0.39, 0.29) is 11.4 Å². The first-order valence-corrected chi connectivity index (χ1v) is 43.5. The number of fused-ring (bicyclic) bond motifs is 24. The van der Waals surface area contributed by atoms with Gasteiger partial charge in [-0.25, -0.2) is 19.6 Å². The molecule has 612 valence electrons. The van der Waals surface area contributed by atoms with Gasteiger partial charge in [-0.2, -0.15) is 0 Å². The molecule has 18 aromatic carbocycles. The summed E-state index contributed by atoms with van der Waals surface area (Å²) < 4.78 is 25.1. The van der Waals surface area contributed by atoms with Crippen LogP contribution >= 0.6 is 0 Å². The Labute approximate surface area is 737 Å². The molecule has 130 heavy (non-hydrogen) atoms. The van der Waals surface area contributed by atoms with Crippen LogP contribution in [0.4, 0.5) is 11.4 Å². The zero-order chi connectivity index (χ0) is 85.8. The number of benzene rings is 18. The number of hydrogen-bond donors (Lipinski definition) is 2. The predicted molar refractivity (Wildman–Crippen MR) is 530 cm³/mol. The van der Waals surface area contributed by atoms with Gasteiger partial charge in [0.05, 0.1) is 144 Å². The van der Waals surface area contributed by atoms with E-state index in [2.05, 4.69) is 315 Å². The van der Waals surface area contributed by atoms with Gasteiger partial charge in [0.2, 0.25) is 11.6 Å². The minimum absolute atomic E-state index is 0.291. The quantitative estimate of drug-likeness (QED) is 0.129. The van der Waals surface area contributed by atoms with Gasteiger partial charge in [0.15, 0.2) is 0 Å². The van der Waals surface area contributed by atoms with E-state index in [1.54, 1.807) is 30.4 Å². The molecule has 0 unspecified atom stereocenters. The highest BCUT2D eigenvalue weighted by Gasteiger charge is 2.29. The summed E-state index contributed by atoms with van der Waals surface area (Å²) in [4.78, 5) is 41.1. The maximum Gasteiger partial charge on any atom is 0.338 e. The number of rotatable bonds is 10. The predicted octanol–water partition coefficient (Wildman–Crippen LogP) is 24.6. The third-order valence-corrected chi connectivity index (χ3v) is 26.4. The van der Waals surface area contributed by atoms with Crippen molar-refractivity contribution >= 4 is 176 Å². The van der Waals surface area contributed by atoms with E-state index in [0.29, 0.717) is 56.2 Å². The molecule has 0 saturated heterocycles. The molecule has 0 radical (unpaired) electrons. The van der Waals surface area contributed by atoms with Gasteiger partial charge >= 0.3 is 11.4 Å². The maximum atomic E-state index is 15.1. The molecule has 28 rings (SSSR count). The smallest absolute Gasteiger partial charge is 0.338 e. The minimum Gasteiger partial charge on any atom is -0.397 e. The molecular weight excluding hydrogens is 1600 g/mol. The summed E-state index contributed by atoms with van der Waals surface area (Å²) in [6.07, 6.45) is 0. The summed E-state index contributed by atoms with van der Waals surface area (Å²) in [6, 6.07) is 142. The van der Waals surface area contributed by atoms with Crippen LogP contribution in [-0.2, 0) is 0 Å². The van der Waals surface area contributed by atoms with Crippen LogP contribution in [0.1, 0.15) is 0 Å². The molecular formula is C112H72N16O2. The SMILES string of the molecule is Nc1cc(N)c(-n2c(=O)n(-c3ccc4c(c3)c3ccccc3n4-c3ccccc3)c3ccccc32)cc1-n1c(=O)n(-c2ccc3c(c2)c2ccccc2n3-c2ccccc2)c2ccccc21.c1ccc(-n2c3ccccc3c3cc(-n4c5ccccc5n5c6cc7c(cc6nc45)nc4n(-c5ccc6c(c5)c5ccccc5n6-c5ccccc5)c5ccccc5n74)ccc32)cc1. The summed E-state index contributed by atoms with van der Waals surface area (Å²) in [5.74, 6) is 1.73. The molecule has 10 heterocycles. The lowest BCUT2D eigenvalue weighted by Crippen LogP contribution is -2.25.